The van der Waals surface area contributed by atoms with Gasteiger partial charge in [-0.3, -0.25) is 38.4 Å². The normalized spacial score (nSPS) is 13.5. The lowest BCUT2D eigenvalue weighted by Crippen LogP contribution is -2.64. The van der Waals surface area contributed by atoms with Gasteiger partial charge in [0.1, 0.15) is 25.3 Å². The highest BCUT2D eigenvalue weighted by Gasteiger charge is 2.35. The maximum Gasteiger partial charge on any atom is 0.307 e. The lowest BCUT2D eigenvalue weighted by molar-refractivity contribution is -0.152. The van der Waals surface area contributed by atoms with Crippen molar-refractivity contribution in [1.82, 2.24) is 20.4 Å². The number of carbonyl (C=O) groups is 8. The van der Waals surface area contributed by atoms with Crippen LogP contribution in [0.25, 0.3) is 0 Å². The van der Waals surface area contributed by atoms with Gasteiger partial charge in [-0.15, -0.1) is 0 Å². The van der Waals surface area contributed by atoms with Gasteiger partial charge in [-0.05, 0) is 25.7 Å². The molecule has 0 radical (unpaired) electrons. The number of nitrogens with one attached hydrogen (secondary N) is 2. The average molecular weight is 1610 g/mol. The highest BCUT2D eigenvalue weighted by atomic mass is 16.6. The van der Waals surface area contributed by atoms with E-state index in [-0.39, 0.29) is 102 Å². The molecule has 1 heterocycles. The van der Waals surface area contributed by atoms with Crippen LogP contribution in [0.5, 0.6) is 0 Å². The first-order valence-electron chi connectivity index (χ1n) is 48.9. The van der Waals surface area contributed by atoms with Gasteiger partial charge in [-0.25, -0.2) is 0 Å². The van der Waals surface area contributed by atoms with Crippen LogP contribution in [0, 0.1) is 0 Å². The molecule has 1 fully saturated rings. The Kier molecular flexibility index (Phi) is 80.4. The third-order valence-electron chi connectivity index (χ3n) is 22.9. The third kappa shape index (κ3) is 75.2. The van der Waals surface area contributed by atoms with E-state index in [1.165, 1.54) is 334 Å². The van der Waals surface area contributed by atoms with E-state index < -0.39 is 49.1 Å². The van der Waals surface area contributed by atoms with Gasteiger partial charge in [0.2, 0.25) is 11.8 Å². The van der Waals surface area contributed by atoms with Crippen LogP contribution in [-0.2, 0) is 66.8 Å². The second-order valence-electron chi connectivity index (χ2n) is 33.8. The number of amides is 2. The molecule has 2 N–H and O–H groups in total. The first-order valence-corrected chi connectivity index (χ1v) is 48.9. The van der Waals surface area contributed by atoms with Crippen LogP contribution >= 0.6 is 0 Å². The quantitative estimate of drug-likeness (QED) is 0.0328. The Hall–Kier alpha value is -4.32. The molecule has 1 aliphatic heterocycles. The average Bonchev–Trinajstić information content (AvgIpc) is 0.842. The van der Waals surface area contributed by atoms with E-state index in [1.807, 2.05) is 9.80 Å². The van der Waals surface area contributed by atoms with Gasteiger partial charge in [-0.1, -0.05) is 413 Å². The lowest BCUT2D eigenvalue weighted by Gasteiger charge is -2.29. The predicted octanol–water partition coefficient (Wildman–Crippen LogP) is 24.2. The molecule has 1 aliphatic rings. The van der Waals surface area contributed by atoms with Crippen molar-refractivity contribution < 1.29 is 66.8 Å². The molecule has 0 bridgehead atoms. The Morgan fingerprint density at radius 2 is 0.342 bits per heavy atom. The Balaban J connectivity index is 2.67. The van der Waals surface area contributed by atoms with Gasteiger partial charge >= 0.3 is 35.8 Å². The summed E-state index contributed by atoms with van der Waals surface area (Å²) in [6.45, 7) is 11.0. The van der Waals surface area contributed by atoms with Crippen molar-refractivity contribution in [3.63, 3.8) is 0 Å². The highest BCUT2D eigenvalue weighted by molar-refractivity contribution is 5.97. The van der Waals surface area contributed by atoms with E-state index in [2.05, 4.69) is 38.3 Å². The Morgan fingerprint density at radius 3 is 0.491 bits per heavy atom. The van der Waals surface area contributed by atoms with E-state index in [4.69, 9.17) is 28.4 Å². The fourth-order valence-electron chi connectivity index (χ4n) is 15.2. The second-order valence-corrected chi connectivity index (χ2v) is 33.8. The summed E-state index contributed by atoms with van der Waals surface area (Å²) in [5, 5.41) is 5.18. The second kappa shape index (κ2) is 85.1. The summed E-state index contributed by atoms with van der Waals surface area (Å²) in [4.78, 5) is 109. The van der Waals surface area contributed by atoms with Crippen molar-refractivity contribution in [3.8, 4) is 0 Å². The van der Waals surface area contributed by atoms with Crippen molar-refractivity contribution in [2.45, 2.75) is 489 Å². The van der Waals surface area contributed by atoms with Gasteiger partial charge in [-0.2, -0.15) is 0 Å². The maximum absolute atomic E-state index is 13.3. The third-order valence-corrected chi connectivity index (χ3v) is 22.9. The van der Waals surface area contributed by atoms with Crippen molar-refractivity contribution in [2.24, 2.45) is 0 Å². The molecule has 2 amide bonds. The monoisotopic (exact) mass is 1610 g/mol. The molecule has 18 heteroatoms. The van der Waals surface area contributed by atoms with E-state index in [0.29, 0.717) is 26.4 Å². The molecule has 18 nitrogen and oxygen atoms in total. The summed E-state index contributed by atoms with van der Waals surface area (Å²) in [5.41, 5.74) is 0. The largest absolute Gasteiger partial charge is 0.466 e. The fraction of sp³-hybridized carbons (Fsp3) is 0.917. The van der Waals surface area contributed by atoms with E-state index in [0.717, 1.165) is 77.0 Å². The molecule has 2 atom stereocenters. The Bertz CT molecular complexity index is 1960. The van der Waals surface area contributed by atoms with Crippen molar-refractivity contribution >= 4 is 47.6 Å². The number of rotatable bonds is 90. The fourth-order valence-corrected chi connectivity index (χ4v) is 15.2. The van der Waals surface area contributed by atoms with Gasteiger partial charge in [0.25, 0.3) is 0 Å². The molecule has 0 aromatic carbocycles. The van der Waals surface area contributed by atoms with Crippen molar-refractivity contribution in [1.29, 1.82) is 0 Å². The molecular weight excluding hydrogens is 1430 g/mol. The summed E-state index contributed by atoms with van der Waals surface area (Å²) in [6, 6.07) is -2.37. The minimum absolute atomic E-state index is 0.0840. The summed E-state index contributed by atoms with van der Waals surface area (Å²) in [5.74, 6) is -3.84. The van der Waals surface area contributed by atoms with Crippen LogP contribution in [-0.4, -0.2) is 148 Å². The SMILES string of the molecule is CCCCCCCCCCCCCCCCCCOC(=O)CCN(CCC(=O)OCCCCCCCCCCCCCCCCCC)CCC(=O)OCC1NC(=O)C(COC(=O)CCN(CCC(=O)OCCCCCCCCCCCCCCCCCC)CCC(=O)OCCCCCCCCCCCCCCCCCC)NC1=O. The van der Waals surface area contributed by atoms with Crippen LogP contribution in [0.1, 0.15) is 477 Å². The molecule has 1 rings (SSSR count). The number of hydrogen-bond donors (Lipinski definition) is 2. The van der Waals surface area contributed by atoms with Crippen molar-refractivity contribution in [3.05, 3.63) is 0 Å². The molecule has 668 valence electrons. The van der Waals surface area contributed by atoms with Crippen LogP contribution in [0.4, 0.5) is 0 Å². The number of hydrogen-bond acceptors (Lipinski definition) is 16. The van der Waals surface area contributed by atoms with Gasteiger partial charge < -0.3 is 48.9 Å². The van der Waals surface area contributed by atoms with Crippen LogP contribution in [0.2, 0.25) is 0 Å². The van der Waals surface area contributed by atoms with Gasteiger partial charge in [0.15, 0.2) is 0 Å². The Labute approximate surface area is 699 Å². The highest BCUT2D eigenvalue weighted by Crippen LogP contribution is 2.20. The van der Waals surface area contributed by atoms with E-state index in [9.17, 15) is 38.4 Å². The standard InChI is InChI=1S/C96H180N4O14/c1-5-9-13-17-21-25-29-33-37-41-45-49-53-57-61-65-81-109-89(101)69-75-99(76-70-90(102)110-82-66-62-58-54-50-46-42-38-34-30-26-22-18-14-10-6-2)79-73-93(105)113-85-87-95(107)98-88(96(108)97-87)86-114-94(106)74-80-100(77-71-91(103)111-83-67-63-59-55-51-47-43-39-35-31-27-23-19-15-11-7-3)78-72-92(104)112-84-68-64-60-56-52-48-44-40-36-32-28-24-20-16-12-8-4/h87-88H,5-86H2,1-4H3,(H,97,108)(H,98,107). The molecule has 0 aliphatic carbocycles. The maximum atomic E-state index is 13.3. The minimum atomic E-state index is -1.19. The van der Waals surface area contributed by atoms with Crippen LogP contribution in [0.15, 0.2) is 0 Å². The summed E-state index contributed by atoms with van der Waals surface area (Å²) in [7, 11) is 0. The summed E-state index contributed by atoms with van der Waals surface area (Å²) in [6.07, 6.45) is 80.9. The topological polar surface area (TPSA) is 222 Å². The number of unbranched alkanes of at least 4 members (excludes halogenated alkanes) is 60. The number of nitrogens with zero attached hydrogens (tertiary/aromatic N) is 2. The summed E-state index contributed by atoms with van der Waals surface area (Å²) < 4.78 is 33.4. The molecule has 2 unspecified atom stereocenters. The molecule has 1 saturated heterocycles. The molecule has 114 heavy (non-hydrogen) atoms. The number of esters is 6. The zero-order valence-electron chi connectivity index (χ0n) is 74.7. The first-order chi connectivity index (χ1) is 55.9. The molecule has 0 spiro atoms. The molecule has 0 saturated carbocycles. The van der Waals surface area contributed by atoms with E-state index >= 15 is 0 Å². The number of ether oxygens (including phenoxy) is 6. The van der Waals surface area contributed by atoms with Crippen LogP contribution < -0.4 is 10.6 Å². The number of piperazine rings is 1. The zero-order chi connectivity index (χ0) is 82.6. The number of carbonyl (C=O) groups excluding carboxylic acids is 8. The summed E-state index contributed by atoms with van der Waals surface area (Å²) >= 11 is 0. The zero-order valence-corrected chi connectivity index (χ0v) is 74.7. The molecular formula is C96H180N4O14. The van der Waals surface area contributed by atoms with Crippen molar-refractivity contribution in [2.75, 3.05) is 78.9 Å². The predicted molar refractivity (Wildman–Crippen MR) is 468 cm³/mol. The van der Waals surface area contributed by atoms with Gasteiger partial charge in [0.05, 0.1) is 65.0 Å². The first kappa shape index (κ1) is 108. The Morgan fingerprint density at radius 1 is 0.211 bits per heavy atom. The smallest absolute Gasteiger partial charge is 0.307 e. The van der Waals surface area contributed by atoms with E-state index in [1.54, 1.807) is 0 Å². The van der Waals surface area contributed by atoms with Gasteiger partial charge in [0, 0.05) is 39.3 Å². The van der Waals surface area contributed by atoms with Crippen LogP contribution in [0.3, 0.4) is 0 Å². The molecule has 0 aromatic heterocycles. The molecule has 0 aromatic rings. The minimum Gasteiger partial charge on any atom is -0.466 e. The lowest BCUT2D eigenvalue weighted by atomic mass is 10.0.